The molecule has 1 aliphatic heterocycles. The van der Waals surface area contributed by atoms with Crippen LogP contribution in [-0.4, -0.2) is 56.8 Å². The molecular formula is C39H50F3N3O6. The van der Waals surface area contributed by atoms with Crippen LogP contribution in [0.2, 0.25) is 0 Å². The molecule has 4 bridgehead atoms. The predicted octanol–water partition coefficient (Wildman–Crippen LogP) is 8.82. The minimum absolute atomic E-state index is 0.0415. The van der Waals surface area contributed by atoms with Crippen molar-refractivity contribution in [3.8, 4) is 23.1 Å². The second-order valence-electron chi connectivity index (χ2n) is 15.0. The van der Waals surface area contributed by atoms with E-state index in [2.05, 4.69) is 17.6 Å². The second kappa shape index (κ2) is 15.0. The fourth-order valence-electron chi connectivity index (χ4n) is 9.12. The van der Waals surface area contributed by atoms with Crippen LogP contribution in [0.3, 0.4) is 0 Å². The Morgan fingerprint density at radius 1 is 1.02 bits per heavy atom. The molecule has 1 spiro atoms. The smallest absolute Gasteiger partial charge is 0.416 e. The zero-order valence-electron chi connectivity index (χ0n) is 29.9. The lowest BCUT2D eigenvalue weighted by Crippen LogP contribution is -2.61. The highest BCUT2D eigenvalue weighted by Crippen LogP contribution is 2.60. The number of nitrogens with one attached hydrogen (secondary N) is 2. The molecule has 5 fully saturated rings. The Morgan fingerprint density at radius 3 is 2.49 bits per heavy atom. The number of benzene rings is 2. The number of hydrogen-bond acceptors (Lipinski definition) is 9. The van der Waals surface area contributed by atoms with Crippen LogP contribution in [0.4, 0.5) is 18.9 Å². The van der Waals surface area contributed by atoms with Gasteiger partial charge in [-0.2, -0.15) is 13.2 Å². The fourth-order valence-corrected chi connectivity index (χ4v) is 9.12. The summed E-state index contributed by atoms with van der Waals surface area (Å²) in [4.78, 5) is 16.7. The first kappa shape index (κ1) is 36.1. The van der Waals surface area contributed by atoms with Crippen LogP contribution in [0.5, 0.6) is 23.1 Å². The highest BCUT2D eigenvalue weighted by molar-refractivity contribution is 6.00. The van der Waals surface area contributed by atoms with Crippen LogP contribution in [-0.2, 0) is 20.7 Å². The van der Waals surface area contributed by atoms with Crippen LogP contribution in [0, 0.1) is 30.6 Å². The first-order valence-corrected chi connectivity index (χ1v) is 18.4. The number of nitrogens with zero attached hydrogens (tertiary/aromatic N) is 1. The first-order chi connectivity index (χ1) is 24.6. The molecule has 2 unspecified atom stereocenters. The van der Waals surface area contributed by atoms with Gasteiger partial charge in [-0.25, -0.2) is 14.8 Å². The van der Waals surface area contributed by atoms with Crippen molar-refractivity contribution >= 4 is 16.6 Å². The summed E-state index contributed by atoms with van der Waals surface area (Å²) in [6.45, 7) is 6.04. The molecule has 4 aliphatic carbocycles. The van der Waals surface area contributed by atoms with E-state index in [0.29, 0.717) is 53.3 Å². The van der Waals surface area contributed by atoms with Crippen molar-refractivity contribution in [2.45, 2.75) is 95.7 Å². The lowest BCUT2D eigenvalue weighted by molar-refractivity contribution is -0.475. The summed E-state index contributed by atoms with van der Waals surface area (Å²) in [5, 5.41) is 7.98. The normalized spacial score (nSPS) is 28.3. The van der Waals surface area contributed by atoms with Crippen LogP contribution in [0.1, 0.15) is 75.8 Å². The van der Waals surface area contributed by atoms with Crippen molar-refractivity contribution in [3.63, 3.8) is 0 Å². The molecule has 0 radical (unpaired) electrons. The Labute approximate surface area is 297 Å². The number of anilines is 1. The van der Waals surface area contributed by atoms with Gasteiger partial charge in [0.25, 0.3) is 0 Å². The molecule has 2 atom stereocenters. The number of methoxy groups -OCH3 is 2. The van der Waals surface area contributed by atoms with Crippen molar-refractivity contribution in [2.75, 3.05) is 39.3 Å². The monoisotopic (exact) mass is 713 g/mol. The van der Waals surface area contributed by atoms with Gasteiger partial charge < -0.3 is 29.6 Å². The maximum atomic E-state index is 13.5. The van der Waals surface area contributed by atoms with E-state index >= 15 is 0 Å². The predicted molar refractivity (Wildman–Crippen MR) is 187 cm³/mol. The van der Waals surface area contributed by atoms with Gasteiger partial charge >= 0.3 is 6.18 Å². The highest BCUT2D eigenvalue weighted by Gasteiger charge is 2.60. The SMILES string of the molecule is COc1cc(C)c2c(Oc3cccc(C(F)(F)F)c3)c(OC)cc(NC(C)CCCNC3CCCOOC4(OC3)C3CC5CC(C3)CC4C5)c2n1. The number of fused-ring (bicyclic) bond motifs is 1. The molecule has 2 heterocycles. The summed E-state index contributed by atoms with van der Waals surface area (Å²) in [6.07, 6.45) is 5.30. The molecule has 4 saturated carbocycles. The quantitative estimate of drug-likeness (QED) is 0.149. The number of aryl methyl sites for hydroxylation is 1. The summed E-state index contributed by atoms with van der Waals surface area (Å²) in [6, 6.07) is 8.65. The van der Waals surface area contributed by atoms with Gasteiger partial charge in [-0.15, -0.1) is 0 Å². The van der Waals surface area contributed by atoms with Crippen molar-refractivity contribution in [3.05, 3.63) is 47.5 Å². The molecule has 3 aromatic rings. The Balaban J connectivity index is 1.01. The molecular weight excluding hydrogens is 663 g/mol. The number of ether oxygens (including phenoxy) is 4. The molecule has 1 saturated heterocycles. The van der Waals surface area contributed by atoms with E-state index in [1.165, 1.54) is 51.3 Å². The van der Waals surface area contributed by atoms with E-state index in [1.807, 2.05) is 6.92 Å². The molecule has 51 heavy (non-hydrogen) atoms. The van der Waals surface area contributed by atoms with Gasteiger partial charge in [0.1, 0.15) is 11.3 Å². The highest BCUT2D eigenvalue weighted by atomic mass is 19.4. The zero-order valence-corrected chi connectivity index (χ0v) is 29.9. The van der Waals surface area contributed by atoms with Crippen molar-refractivity contribution < 1.29 is 41.9 Å². The van der Waals surface area contributed by atoms with E-state index < -0.39 is 17.5 Å². The maximum absolute atomic E-state index is 13.5. The maximum Gasteiger partial charge on any atom is 0.416 e. The number of aromatic nitrogens is 1. The molecule has 12 heteroatoms. The summed E-state index contributed by atoms with van der Waals surface area (Å²) in [7, 11) is 3.06. The van der Waals surface area contributed by atoms with Gasteiger partial charge in [-0.05, 0) is 114 Å². The standard InChI is InChI=1S/C39H50F3N3O6/c1-23-14-34(47-4)45-36-32(21-33(46-3)37(35(23)36)50-31-11-5-9-27(20-31)39(40,41)42)44-24(2)8-6-12-43-30-10-7-13-49-51-38(48-22-30)28-16-25-15-26(18-28)19-29(38)17-25/h5,9,11,14,20-21,24-26,28-30,43-44H,6-8,10,12-13,15-19,22H2,1-4H3. The van der Waals surface area contributed by atoms with Gasteiger partial charge in [0, 0.05) is 36.1 Å². The van der Waals surface area contributed by atoms with Gasteiger partial charge in [0.2, 0.25) is 11.7 Å². The fraction of sp³-hybridized carbons (Fsp3) is 0.615. The average Bonchev–Trinajstić information content (AvgIpc) is 3.20. The summed E-state index contributed by atoms with van der Waals surface area (Å²) >= 11 is 0. The molecule has 2 aromatic carbocycles. The van der Waals surface area contributed by atoms with E-state index in [4.69, 9.17) is 33.7 Å². The lowest BCUT2D eigenvalue weighted by atomic mass is 9.53. The number of hydrogen-bond donors (Lipinski definition) is 2. The second-order valence-corrected chi connectivity index (χ2v) is 15.0. The summed E-state index contributed by atoms with van der Waals surface area (Å²) in [5.41, 5.74) is 1.27. The van der Waals surface area contributed by atoms with Crippen molar-refractivity contribution in [1.82, 2.24) is 10.3 Å². The van der Waals surface area contributed by atoms with Crippen LogP contribution in [0.25, 0.3) is 10.9 Å². The summed E-state index contributed by atoms with van der Waals surface area (Å²) < 4.78 is 64.5. The van der Waals surface area contributed by atoms with Crippen molar-refractivity contribution in [2.24, 2.45) is 23.7 Å². The Hall–Kier alpha value is -3.32. The Kier molecular flexibility index (Phi) is 10.6. The van der Waals surface area contributed by atoms with Crippen molar-refractivity contribution in [1.29, 1.82) is 0 Å². The third-order valence-corrected chi connectivity index (χ3v) is 11.4. The largest absolute Gasteiger partial charge is 0.493 e. The van der Waals surface area contributed by atoms with E-state index in [-0.39, 0.29) is 23.6 Å². The van der Waals surface area contributed by atoms with Gasteiger partial charge in [-0.3, -0.25) is 0 Å². The summed E-state index contributed by atoms with van der Waals surface area (Å²) in [5.74, 6) is 3.00. The minimum atomic E-state index is -4.50. The van der Waals surface area contributed by atoms with Crippen LogP contribution in [0.15, 0.2) is 36.4 Å². The minimum Gasteiger partial charge on any atom is -0.493 e. The average molecular weight is 714 g/mol. The topological polar surface area (TPSA) is 92.3 Å². The van der Waals surface area contributed by atoms with Gasteiger partial charge in [0.15, 0.2) is 11.5 Å². The van der Waals surface area contributed by atoms with Gasteiger partial charge in [0.05, 0.1) is 44.1 Å². The van der Waals surface area contributed by atoms with Crippen LogP contribution >= 0.6 is 0 Å². The van der Waals surface area contributed by atoms with E-state index in [0.717, 1.165) is 61.8 Å². The number of alkyl halides is 3. The Bertz CT molecular complexity index is 1660. The Morgan fingerprint density at radius 2 is 1.78 bits per heavy atom. The molecule has 0 amide bonds. The number of halogens is 3. The van der Waals surface area contributed by atoms with Crippen LogP contribution < -0.4 is 24.8 Å². The molecule has 278 valence electrons. The third-order valence-electron chi connectivity index (χ3n) is 11.4. The number of pyridine rings is 1. The zero-order chi connectivity index (χ0) is 35.8. The molecule has 2 N–H and O–H groups in total. The molecule has 8 rings (SSSR count). The molecule has 9 nitrogen and oxygen atoms in total. The third kappa shape index (κ3) is 7.61. The molecule has 5 aliphatic rings. The van der Waals surface area contributed by atoms with E-state index in [9.17, 15) is 13.2 Å². The first-order valence-electron chi connectivity index (χ1n) is 18.4. The van der Waals surface area contributed by atoms with Gasteiger partial charge in [-0.1, -0.05) is 6.07 Å². The lowest BCUT2D eigenvalue weighted by Gasteiger charge is -2.59. The van der Waals surface area contributed by atoms with E-state index in [1.54, 1.807) is 19.2 Å². The molecule has 1 aromatic heterocycles. The number of rotatable bonds is 11.